The highest BCUT2D eigenvalue weighted by Gasteiger charge is 2.07. The SMILES string of the molecule is CN(CCn1ccc2cc(F)ccc21)CCS(C)(=O)=O. The number of nitrogens with zero attached hydrogens (tertiary/aromatic N) is 2. The molecule has 6 heteroatoms. The van der Waals surface area contributed by atoms with Crippen molar-refractivity contribution >= 4 is 20.7 Å². The molecule has 1 aromatic carbocycles. The number of halogens is 1. The summed E-state index contributed by atoms with van der Waals surface area (Å²) >= 11 is 0. The standard InChI is InChI=1S/C14H19FN2O2S/c1-16(9-10-20(2,18)19)7-8-17-6-5-12-11-13(15)3-4-14(12)17/h3-6,11H,7-10H2,1-2H3. The van der Waals surface area contributed by atoms with Crippen LogP contribution in [-0.4, -0.2) is 50.0 Å². The lowest BCUT2D eigenvalue weighted by Gasteiger charge is -2.16. The molecule has 0 saturated heterocycles. The summed E-state index contributed by atoms with van der Waals surface area (Å²) in [4.78, 5) is 1.98. The molecule has 0 saturated carbocycles. The molecule has 1 heterocycles. The van der Waals surface area contributed by atoms with Gasteiger partial charge in [0.25, 0.3) is 0 Å². The Kier molecular flexibility index (Phi) is 4.45. The summed E-state index contributed by atoms with van der Waals surface area (Å²) in [6.07, 6.45) is 3.17. The van der Waals surface area contributed by atoms with Gasteiger partial charge in [0.15, 0.2) is 0 Å². The van der Waals surface area contributed by atoms with Crippen LogP contribution >= 0.6 is 0 Å². The van der Waals surface area contributed by atoms with E-state index in [0.717, 1.165) is 24.0 Å². The lowest BCUT2D eigenvalue weighted by Crippen LogP contribution is -2.28. The van der Waals surface area contributed by atoms with Gasteiger partial charge in [-0.25, -0.2) is 12.8 Å². The molecule has 2 rings (SSSR count). The van der Waals surface area contributed by atoms with Crippen LogP contribution in [0.15, 0.2) is 30.5 Å². The van der Waals surface area contributed by atoms with E-state index in [1.54, 1.807) is 6.07 Å². The summed E-state index contributed by atoms with van der Waals surface area (Å²) in [5, 5.41) is 0.879. The summed E-state index contributed by atoms with van der Waals surface area (Å²) in [5.74, 6) is -0.0678. The molecule has 0 N–H and O–H groups in total. The third kappa shape index (κ3) is 4.05. The zero-order valence-electron chi connectivity index (χ0n) is 11.7. The van der Waals surface area contributed by atoms with Crippen molar-refractivity contribution in [2.45, 2.75) is 6.54 Å². The van der Waals surface area contributed by atoms with Gasteiger partial charge in [-0.3, -0.25) is 0 Å². The first-order valence-corrected chi connectivity index (χ1v) is 8.52. The molecule has 110 valence electrons. The van der Waals surface area contributed by atoms with Crippen LogP contribution in [0.1, 0.15) is 0 Å². The van der Waals surface area contributed by atoms with Gasteiger partial charge in [-0.1, -0.05) is 0 Å². The Balaban J connectivity index is 1.96. The zero-order valence-corrected chi connectivity index (χ0v) is 12.5. The molecule has 4 nitrogen and oxygen atoms in total. The second kappa shape index (κ2) is 5.93. The van der Waals surface area contributed by atoms with Gasteiger partial charge in [0.1, 0.15) is 15.7 Å². The van der Waals surface area contributed by atoms with Crippen molar-refractivity contribution in [3.63, 3.8) is 0 Å². The minimum absolute atomic E-state index is 0.168. The first kappa shape index (κ1) is 15.0. The number of rotatable bonds is 6. The van der Waals surface area contributed by atoms with E-state index < -0.39 is 9.84 Å². The van der Waals surface area contributed by atoms with E-state index in [4.69, 9.17) is 0 Å². The van der Waals surface area contributed by atoms with Crippen LogP contribution in [0.5, 0.6) is 0 Å². The topological polar surface area (TPSA) is 42.3 Å². The van der Waals surface area contributed by atoms with Crippen molar-refractivity contribution in [3.05, 3.63) is 36.3 Å². The summed E-state index contributed by atoms with van der Waals surface area (Å²) < 4.78 is 37.4. The van der Waals surface area contributed by atoms with Crippen LogP contribution in [0.4, 0.5) is 4.39 Å². The Bertz CT molecular complexity index is 694. The average Bonchev–Trinajstić information content (AvgIpc) is 2.75. The van der Waals surface area contributed by atoms with Crippen LogP contribution in [0.25, 0.3) is 10.9 Å². The molecule has 2 aromatic rings. The number of hydrogen-bond donors (Lipinski definition) is 0. The van der Waals surface area contributed by atoms with Gasteiger partial charge in [0.2, 0.25) is 0 Å². The van der Waals surface area contributed by atoms with E-state index in [9.17, 15) is 12.8 Å². The van der Waals surface area contributed by atoms with E-state index >= 15 is 0 Å². The third-order valence-corrected chi connectivity index (χ3v) is 4.22. The quantitative estimate of drug-likeness (QED) is 0.816. The molecule has 0 aliphatic carbocycles. The Morgan fingerprint density at radius 2 is 2.00 bits per heavy atom. The van der Waals surface area contributed by atoms with Crippen molar-refractivity contribution in [3.8, 4) is 0 Å². The average molecular weight is 298 g/mol. The Morgan fingerprint density at radius 1 is 1.25 bits per heavy atom. The Labute approximate surface area is 118 Å². The Hall–Kier alpha value is -1.40. The van der Waals surface area contributed by atoms with E-state index in [-0.39, 0.29) is 11.6 Å². The fourth-order valence-corrected chi connectivity index (χ4v) is 2.72. The predicted molar refractivity (Wildman–Crippen MR) is 79.1 cm³/mol. The number of hydrogen-bond acceptors (Lipinski definition) is 3. The lowest BCUT2D eigenvalue weighted by molar-refractivity contribution is 0.338. The molecule has 0 atom stereocenters. The third-order valence-electron chi connectivity index (χ3n) is 3.30. The highest BCUT2D eigenvalue weighted by Crippen LogP contribution is 2.16. The maximum absolute atomic E-state index is 13.1. The molecule has 0 unspecified atom stereocenters. The first-order valence-electron chi connectivity index (χ1n) is 6.46. The van der Waals surface area contributed by atoms with Crippen LogP contribution < -0.4 is 0 Å². The fraction of sp³-hybridized carbons (Fsp3) is 0.429. The van der Waals surface area contributed by atoms with Crippen molar-refractivity contribution in [2.75, 3.05) is 32.1 Å². The second-order valence-electron chi connectivity index (χ2n) is 5.15. The summed E-state index contributed by atoms with van der Waals surface area (Å²) in [6, 6.07) is 6.61. The molecule has 0 amide bonds. The van der Waals surface area contributed by atoms with E-state index in [0.29, 0.717) is 6.54 Å². The molecule has 0 radical (unpaired) electrons. The second-order valence-corrected chi connectivity index (χ2v) is 7.41. The molecular formula is C14H19FN2O2S. The van der Waals surface area contributed by atoms with Crippen LogP contribution in [0.3, 0.4) is 0 Å². The van der Waals surface area contributed by atoms with Gasteiger partial charge < -0.3 is 9.47 Å². The Morgan fingerprint density at radius 3 is 2.70 bits per heavy atom. The fourth-order valence-electron chi connectivity index (χ4n) is 2.08. The minimum atomic E-state index is -2.92. The van der Waals surface area contributed by atoms with Gasteiger partial charge in [-0.2, -0.15) is 0 Å². The molecule has 1 aromatic heterocycles. The number of fused-ring (bicyclic) bond motifs is 1. The summed E-state index contributed by atoms with van der Waals surface area (Å²) in [7, 11) is -1.02. The lowest BCUT2D eigenvalue weighted by atomic mass is 10.2. The van der Waals surface area contributed by atoms with Gasteiger partial charge in [-0.05, 0) is 31.3 Å². The maximum Gasteiger partial charge on any atom is 0.148 e. The van der Waals surface area contributed by atoms with Crippen molar-refractivity contribution in [1.82, 2.24) is 9.47 Å². The van der Waals surface area contributed by atoms with E-state index in [1.165, 1.54) is 18.4 Å². The van der Waals surface area contributed by atoms with Crippen LogP contribution in [0, 0.1) is 5.82 Å². The van der Waals surface area contributed by atoms with Crippen molar-refractivity contribution in [2.24, 2.45) is 0 Å². The van der Waals surface area contributed by atoms with Crippen LogP contribution in [0.2, 0.25) is 0 Å². The largest absolute Gasteiger partial charge is 0.346 e. The van der Waals surface area contributed by atoms with Gasteiger partial charge >= 0.3 is 0 Å². The zero-order chi connectivity index (χ0) is 14.8. The number of aromatic nitrogens is 1. The molecule has 0 spiro atoms. The van der Waals surface area contributed by atoms with Gasteiger partial charge in [-0.15, -0.1) is 0 Å². The molecule has 0 bridgehead atoms. The predicted octanol–water partition coefficient (Wildman–Crippen LogP) is 1.76. The van der Waals surface area contributed by atoms with Crippen molar-refractivity contribution < 1.29 is 12.8 Å². The van der Waals surface area contributed by atoms with Crippen LogP contribution in [-0.2, 0) is 16.4 Å². The number of sulfone groups is 1. The number of likely N-dealkylation sites (N-methyl/N-ethyl adjacent to an activating group) is 1. The van der Waals surface area contributed by atoms with Gasteiger partial charge in [0, 0.05) is 43.0 Å². The molecule has 20 heavy (non-hydrogen) atoms. The van der Waals surface area contributed by atoms with Crippen molar-refractivity contribution in [1.29, 1.82) is 0 Å². The highest BCUT2D eigenvalue weighted by molar-refractivity contribution is 7.90. The molecular weight excluding hydrogens is 279 g/mol. The maximum atomic E-state index is 13.1. The van der Waals surface area contributed by atoms with E-state index in [2.05, 4.69) is 0 Å². The van der Waals surface area contributed by atoms with E-state index in [1.807, 2.05) is 28.8 Å². The molecule has 0 fully saturated rings. The number of benzene rings is 1. The first-order chi connectivity index (χ1) is 9.35. The van der Waals surface area contributed by atoms with Gasteiger partial charge in [0.05, 0.1) is 5.75 Å². The minimum Gasteiger partial charge on any atom is -0.346 e. The monoisotopic (exact) mass is 298 g/mol. The highest BCUT2D eigenvalue weighted by atomic mass is 32.2. The normalized spacial score (nSPS) is 12.4. The smallest absolute Gasteiger partial charge is 0.148 e. The molecule has 0 aliphatic heterocycles. The summed E-state index contributed by atoms with van der Waals surface area (Å²) in [6.45, 7) is 2.01. The summed E-state index contributed by atoms with van der Waals surface area (Å²) in [5.41, 5.74) is 0.989. The molecule has 0 aliphatic rings.